The van der Waals surface area contributed by atoms with Crippen LogP contribution >= 0.6 is 0 Å². The van der Waals surface area contributed by atoms with Gasteiger partial charge in [-0.05, 0) is 18.1 Å². The lowest BCUT2D eigenvalue weighted by molar-refractivity contribution is 0.0895. The van der Waals surface area contributed by atoms with Crippen LogP contribution in [0.15, 0.2) is 29.2 Å². The van der Waals surface area contributed by atoms with Gasteiger partial charge in [-0.15, -0.1) is 0 Å². The second kappa shape index (κ2) is 6.62. The summed E-state index contributed by atoms with van der Waals surface area (Å²) >= 11 is 0. The molecule has 1 heterocycles. The first-order valence-electron chi connectivity index (χ1n) is 7.09. The number of aromatic amines is 1. The molecule has 0 aliphatic carbocycles. The Bertz CT molecular complexity index is 736. The molecule has 22 heavy (non-hydrogen) atoms. The summed E-state index contributed by atoms with van der Waals surface area (Å²) in [7, 11) is 1.54. The van der Waals surface area contributed by atoms with E-state index in [-0.39, 0.29) is 23.5 Å². The lowest BCUT2D eigenvalue weighted by Crippen LogP contribution is -2.42. The van der Waals surface area contributed by atoms with Crippen molar-refractivity contribution in [3.8, 4) is 5.75 Å². The highest BCUT2D eigenvalue weighted by atomic mass is 16.5. The number of carbonyl (C=O) groups is 1. The van der Waals surface area contributed by atoms with Crippen LogP contribution in [0.1, 0.15) is 24.2 Å². The fourth-order valence-electron chi connectivity index (χ4n) is 2.17. The molecule has 0 spiro atoms. The molecular formula is C16H20N2O4. The largest absolute Gasteiger partial charge is 0.497 e. The maximum absolute atomic E-state index is 12.4. The Morgan fingerprint density at radius 3 is 2.73 bits per heavy atom. The number of aliphatic hydroxyl groups excluding tert-OH is 1. The van der Waals surface area contributed by atoms with Crippen molar-refractivity contribution in [2.24, 2.45) is 5.92 Å². The van der Waals surface area contributed by atoms with Gasteiger partial charge in [0, 0.05) is 17.6 Å². The number of nitrogens with one attached hydrogen (secondary N) is 2. The normalized spacial score (nSPS) is 12.4. The number of pyridine rings is 1. The molecule has 1 amide bonds. The van der Waals surface area contributed by atoms with Crippen LogP contribution in [0.5, 0.6) is 5.75 Å². The maximum atomic E-state index is 12.4. The van der Waals surface area contributed by atoms with Gasteiger partial charge in [0.05, 0.1) is 25.3 Å². The van der Waals surface area contributed by atoms with Crippen molar-refractivity contribution in [1.29, 1.82) is 0 Å². The fraction of sp³-hybridized carbons (Fsp3) is 0.375. The summed E-state index contributed by atoms with van der Waals surface area (Å²) in [5, 5.41) is 12.4. The SMILES string of the molecule is COc1ccc2c(=O)c(C(=O)N[C@H](CO)C(C)C)c[nH]c2c1. The zero-order valence-electron chi connectivity index (χ0n) is 12.8. The molecule has 0 bridgehead atoms. The lowest BCUT2D eigenvalue weighted by Gasteiger charge is -2.19. The van der Waals surface area contributed by atoms with Crippen molar-refractivity contribution in [2.75, 3.05) is 13.7 Å². The van der Waals surface area contributed by atoms with Crippen molar-refractivity contribution in [3.63, 3.8) is 0 Å². The smallest absolute Gasteiger partial charge is 0.257 e. The van der Waals surface area contributed by atoms with E-state index in [2.05, 4.69) is 10.3 Å². The Kier molecular flexibility index (Phi) is 4.82. The number of aliphatic hydroxyl groups is 1. The van der Waals surface area contributed by atoms with E-state index in [1.165, 1.54) is 6.20 Å². The predicted molar refractivity (Wildman–Crippen MR) is 84.3 cm³/mol. The number of amides is 1. The van der Waals surface area contributed by atoms with Crippen LogP contribution in [0.4, 0.5) is 0 Å². The minimum absolute atomic E-state index is 0.0248. The number of methoxy groups -OCH3 is 1. The van der Waals surface area contributed by atoms with Gasteiger partial charge in [-0.3, -0.25) is 9.59 Å². The average molecular weight is 304 g/mol. The number of aromatic nitrogens is 1. The van der Waals surface area contributed by atoms with Crippen LogP contribution in [-0.4, -0.2) is 35.8 Å². The van der Waals surface area contributed by atoms with Crippen molar-refractivity contribution in [3.05, 3.63) is 40.2 Å². The van der Waals surface area contributed by atoms with E-state index in [4.69, 9.17) is 4.74 Å². The Labute approximate surface area is 128 Å². The highest BCUT2D eigenvalue weighted by molar-refractivity contribution is 5.97. The number of hydrogen-bond acceptors (Lipinski definition) is 4. The van der Waals surface area contributed by atoms with E-state index in [1.54, 1.807) is 25.3 Å². The van der Waals surface area contributed by atoms with E-state index < -0.39 is 11.9 Å². The molecule has 0 fully saturated rings. The molecular weight excluding hydrogens is 284 g/mol. The first-order chi connectivity index (χ1) is 10.5. The van der Waals surface area contributed by atoms with E-state index in [0.29, 0.717) is 16.7 Å². The minimum Gasteiger partial charge on any atom is -0.497 e. The first kappa shape index (κ1) is 16.0. The molecule has 1 atom stereocenters. The van der Waals surface area contributed by atoms with Crippen LogP contribution in [0.3, 0.4) is 0 Å². The van der Waals surface area contributed by atoms with Crippen LogP contribution in [0.25, 0.3) is 10.9 Å². The quantitative estimate of drug-likeness (QED) is 0.776. The number of benzene rings is 1. The summed E-state index contributed by atoms with van der Waals surface area (Å²) in [4.78, 5) is 27.6. The van der Waals surface area contributed by atoms with Crippen LogP contribution in [0.2, 0.25) is 0 Å². The second-order valence-electron chi connectivity index (χ2n) is 5.45. The average Bonchev–Trinajstić information content (AvgIpc) is 2.51. The molecule has 0 saturated heterocycles. The van der Waals surface area contributed by atoms with Crippen molar-refractivity contribution in [1.82, 2.24) is 10.3 Å². The van der Waals surface area contributed by atoms with Crippen LogP contribution in [0, 0.1) is 5.92 Å². The number of carbonyl (C=O) groups excluding carboxylic acids is 1. The molecule has 0 unspecified atom stereocenters. The Morgan fingerprint density at radius 1 is 1.41 bits per heavy atom. The molecule has 0 aliphatic heterocycles. The second-order valence-corrected chi connectivity index (χ2v) is 5.45. The third kappa shape index (κ3) is 3.12. The van der Waals surface area contributed by atoms with Gasteiger partial charge in [0.25, 0.3) is 5.91 Å². The molecule has 1 aromatic carbocycles. The number of rotatable bonds is 5. The monoisotopic (exact) mass is 304 g/mol. The topological polar surface area (TPSA) is 91.4 Å². The van der Waals surface area contributed by atoms with Crippen molar-refractivity contribution in [2.45, 2.75) is 19.9 Å². The van der Waals surface area contributed by atoms with E-state index >= 15 is 0 Å². The Hall–Kier alpha value is -2.34. The summed E-state index contributed by atoms with van der Waals surface area (Å²) in [6.07, 6.45) is 1.38. The minimum atomic E-state index is -0.494. The molecule has 2 rings (SSSR count). The standard InChI is InChI=1S/C16H20N2O4/c1-9(2)14(8-19)18-16(21)12-7-17-13-6-10(22-3)4-5-11(13)15(12)20/h4-7,9,14,19H,8H2,1-3H3,(H,17,20)(H,18,21)/t14-/m1/s1. The number of H-pyrrole nitrogens is 1. The predicted octanol–water partition coefficient (Wildman–Crippen LogP) is 1.28. The van der Waals surface area contributed by atoms with E-state index in [1.807, 2.05) is 13.8 Å². The summed E-state index contributed by atoms with van der Waals surface area (Å²) < 4.78 is 5.10. The highest BCUT2D eigenvalue weighted by Gasteiger charge is 2.19. The number of ether oxygens (including phenoxy) is 1. The Balaban J connectivity index is 2.38. The molecule has 1 aromatic heterocycles. The van der Waals surface area contributed by atoms with Crippen LogP contribution in [-0.2, 0) is 0 Å². The summed E-state index contributed by atoms with van der Waals surface area (Å²) in [6.45, 7) is 3.60. The van der Waals surface area contributed by atoms with Gasteiger partial charge in [0.2, 0.25) is 5.43 Å². The maximum Gasteiger partial charge on any atom is 0.257 e. The van der Waals surface area contributed by atoms with Gasteiger partial charge in [-0.1, -0.05) is 13.8 Å². The fourth-order valence-corrected chi connectivity index (χ4v) is 2.17. The molecule has 2 aromatic rings. The van der Waals surface area contributed by atoms with Gasteiger partial charge in [0.15, 0.2) is 0 Å². The Morgan fingerprint density at radius 2 is 2.14 bits per heavy atom. The van der Waals surface area contributed by atoms with Crippen molar-refractivity contribution < 1.29 is 14.6 Å². The first-order valence-corrected chi connectivity index (χ1v) is 7.09. The summed E-state index contributed by atoms with van der Waals surface area (Å²) in [5.74, 6) is 0.199. The molecule has 6 heteroatoms. The molecule has 0 aliphatic rings. The third-order valence-corrected chi connectivity index (χ3v) is 3.65. The summed E-state index contributed by atoms with van der Waals surface area (Å²) in [5.41, 5.74) is 0.273. The highest BCUT2D eigenvalue weighted by Crippen LogP contribution is 2.16. The molecule has 3 N–H and O–H groups in total. The molecule has 6 nitrogen and oxygen atoms in total. The number of hydrogen-bond donors (Lipinski definition) is 3. The van der Waals surface area contributed by atoms with Crippen molar-refractivity contribution >= 4 is 16.8 Å². The van der Waals surface area contributed by atoms with Gasteiger partial charge in [-0.2, -0.15) is 0 Å². The van der Waals surface area contributed by atoms with Gasteiger partial charge in [-0.25, -0.2) is 0 Å². The lowest BCUT2D eigenvalue weighted by atomic mass is 10.0. The van der Waals surface area contributed by atoms with E-state index in [0.717, 1.165) is 0 Å². The number of fused-ring (bicyclic) bond motifs is 1. The van der Waals surface area contributed by atoms with E-state index in [9.17, 15) is 14.7 Å². The van der Waals surface area contributed by atoms with Gasteiger partial charge in [0.1, 0.15) is 11.3 Å². The zero-order valence-corrected chi connectivity index (χ0v) is 12.8. The third-order valence-electron chi connectivity index (χ3n) is 3.65. The van der Waals surface area contributed by atoms with Gasteiger partial charge < -0.3 is 20.1 Å². The van der Waals surface area contributed by atoms with Crippen LogP contribution < -0.4 is 15.5 Å². The molecule has 0 radical (unpaired) electrons. The summed E-state index contributed by atoms with van der Waals surface area (Å²) in [6, 6.07) is 4.60. The zero-order chi connectivity index (χ0) is 16.3. The van der Waals surface area contributed by atoms with Gasteiger partial charge >= 0.3 is 0 Å². The molecule has 118 valence electrons. The molecule has 0 saturated carbocycles.